The number of hydrogen-bond donors (Lipinski definition) is 1. The summed E-state index contributed by atoms with van der Waals surface area (Å²) >= 11 is 0. The summed E-state index contributed by atoms with van der Waals surface area (Å²) in [5.41, 5.74) is 4.52. The highest BCUT2D eigenvalue weighted by molar-refractivity contribution is 5.93. The third-order valence-electron chi connectivity index (χ3n) is 5.14. The van der Waals surface area contributed by atoms with Crippen molar-refractivity contribution in [3.8, 4) is 5.75 Å². The minimum absolute atomic E-state index is 0.0947. The fraction of sp³-hybridized carbons (Fsp3) is 0.409. The van der Waals surface area contributed by atoms with E-state index in [2.05, 4.69) is 35.3 Å². The van der Waals surface area contributed by atoms with Crippen molar-refractivity contribution in [2.75, 3.05) is 25.5 Å². The molecule has 1 saturated heterocycles. The van der Waals surface area contributed by atoms with E-state index in [1.165, 1.54) is 11.1 Å². The zero-order valence-corrected chi connectivity index (χ0v) is 15.9. The highest BCUT2D eigenvalue weighted by atomic mass is 16.5. The van der Waals surface area contributed by atoms with Crippen LogP contribution in [0.1, 0.15) is 29.5 Å². The average Bonchev–Trinajstić information content (AvgIpc) is 2.64. The number of carbonyl (C=O) groups excluding carboxylic acids is 1. The van der Waals surface area contributed by atoms with E-state index in [4.69, 9.17) is 4.74 Å². The first-order chi connectivity index (χ1) is 12.5. The van der Waals surface area contributed by atoms with Crippen molar-refractivity contribution in [1.29, 1.82) is 0 Å². The molecule has 26 heavy (non-hydrogen) atoms. The molecule has 138 valence electrons. The van der Waals surface area contributed by atoms with Gasteiger partial charge in [0, 0.05) is 18.2 Å². The molecule has 0 radical (unpaired) electrons. The number of benzene rings is 2. The number of hydrogen-bond acceptors (Lipinski definition) is 3. The Morgan fingerprint density at radius 2 is 1.92 bits per heavy atom. The van der Waals surface area contributed by atoms with E-state index in [1.54, 1.807) is 7.11 Å². The van der Waals surface area contributed by atoms with Crippen LogP contribution in [0.15, 0.2) is 42.5 Å². The predicted octanol–water partition coefficient (Wildman–Crippen LogP) is 4.16. The molecule has 2 aromatic carbocycles. The van der Waals surface area contributed by atoms with Gasteiger partial charge in [0.05, 0.1) is 7.11 Å². The largest absolute Gasteiger partial charge is 0.497 e. The number of rotatable bonds is 5. The lowest BCUT2D eigenvalue weighted by Gasteiger charge is -2.31. The summed E-state index contributed by atoms with van der Waals surface area (Å²) in [6.45, 7) is 6.91. The number of nitrogens with one attached hydrogen (secondary N) is 1. The number of aryl methyl sites for hydroxylation is 2. The lowest BCUT2D eigenvalue weighted by atomic mass is 9.95. The van der Waals surface area contributed by atoms with Crippen LogP contribution in [0.25, 0.3) is 0 Å². The van der Waals surface area contributed by atoms with Crippen LogP contribution in [0.5, 0.6) is 5.75 Å². The van der Waals surface area contributed by atoms with Crippen LogP contribution in [-0.4, -0.2) is 31.0 Å². The van der Waals surface area contributed by atoms with E-state index in [0.717, 1.165) is 49.5 Å². The van der Waals surface area contributed by atoms with Crippen LogP contribution in [0, 0.1) is 19.8 Å². The van der Waals surface area contributed by atoms with E-state index in [9.17, 15) is 4.79 Å². The molecule has 0 aliphatic carbocycles. The highest BCUT2D eigenvalue weighted by Gasteiger charge is 2.25. The molecule has 0 bridgehead atoms. The standard InChI is InChI=1S/C22H28N2O2/c1-16-7-8-21(17(2)13-16)23-22(25)19-9-11-24(12-10-19)15-18-5-4-6-20(14-18)26-3/h4-8,13-14,19H,9-12,15H2,1-3H3,(H,23,25). The molecule has 4 heteroatoms. The normalized spacial score (nSPS) is 15.7. The van der Waals surface area contributed by atoms with Crippen LogP contribution in [-0.2, 0) is 11.3 Å². The SMILES string of the molecule is COc1cccc(CN2CCC(C(=O)Nc3ccc(C)cc3C)CC2)c1. The number of amides is 1. The van der Waals surface area contributed by atoms with Crippen LogP contribution in [0.2, 0.25) is 0 Å². The Bertz CT molecular complexity index is 764. The summed E-state index contributed by atoms with van der Waals surface area (Å²) in [6, 6.07) is 14.3. The Labute approximate surface area is 156 Å². The Hall–Kier alpha value is -2.33. The summed E-state index contributed by atoms with van der Waals surface area (Å²) in [5.74, 6) is 1.14. The molecule has 0 unspecified atom stereocenters. The minimum Gasteiger partial charge on any atom is -0.497 e. The van der Waals surface area contributed by atoms with Crippen molar-refractivity contribution in [3.05, 3.63) is 59.2 Å². The molecule has 1 amide bonds. The van der Waals surface area contributed by atoms with Crippen molar-refractivity contribution in [3.63, 3.8) is 0 Å². The minimum atomic E-state index is 0.0947. The second kappa shape index (κ2) is 8.37. The van der Waals surface area contributed by atoms with Crippen LogP contribution in [0.4, 0.5) is 5.69 Å². The molecule has 0 spiro atoms. The summed E-state index contributed by atoms with van der Waals surface area (Å²) in [5, 5.41) is 3.11. The number of anilines is 1. The number of piperidine rings is 1. The number of carbonyl (C=O) groups is 1. The average molecular weight is 352 g/mol. The van der Waals surface area contributed by atoms with Gasteiger partial charge >= 0.3 is 0 Å². The molecule has 2 aromatic rings. The van der Waals surface area contributed by atoms with E-state index >= 15 is 0 Å². The number of ether oxygens (including phenoxy) is 1. The number of methoxy groups -OCH3 is 1. The van der Waals surface area contributed by atoms with Gasteiger partial charge in [-0.2, -0.15) is 0 Å². The van der Waals surface area contributed by atoms with Gasteiger partial charge in [0.2, 0.25) is 5.91 Å². The maximum absolute atomic E-state index is 12.6. The van der Waals surface area contributed by atoms with Crippen LogP contribution >= 0.6 is 0 Å². The topological polar surface area (TPSA) is 41.6 Å². The van der Waals surface area contributed by atoms with Gasteiger partial charge in [0.15, 0.2) is 0 Å². The molecule has 1 heterocycles. The van der Waals surface area contributed by atoms with Gasteiger partial charge in [0.1, 0.15) is 5.75 Å². The van der Waals surface area contributed by atoms with E-state index in [-0.39, 0.29) is 11.8 Å². The predicted molar refractivity (Wildman–Crippen MR) is 106 cm³/mol. The van der Waals surface area contributed by atoms with Gasteiger partial charge in [-0.25, -0.2) is 0 Å². The molecule has 0 atom stereocenters. The summed E-state index contributed by atoms with van der Waals surface area (Å²) in [4.78, 5) is 15.0. The molecule has 1 N–H and O–H groups in total. The van der Waals surface area contributed by atoms with Gasteiger partial charge in [-0.3, -0.25) is 9.69 Å². The summed E-state index contributed by atoms with van der Waals surface area (Å²) in [7, 11) is 1.69. The molecular formula is C22H28N2O2. The first-order valence-corrected chi connectivity index (χ1v) is 9.28. The molecule has 0 saturated carbocycles. The Balaban J connectivity index is 1.52. The smallest absolute Gasteiger partial charge is 0.227 e. The second-order valence-electron chi connectivity index (χ2n) is 7.21. The number of likely N-dealkylation sites (tertiary alicyclic amines) is 1. The first-order valence-electron chi connectivity index (χ1n) is 9.28. The second-order valence-corrected chi connectivity index (χ2v) is 7.21. The van der Waals surface area contributed by atoms with Gasteiger partial charge in [-0.05, 0) is 69.1 Å². The Morgan fingerprint density at radius 3 is 2.62 bits per heavy atom. The van der Waals surface area contributed by atoms with E-state index in [0.29, 0.717) is 0 Å². The third-order valence-corrected chi connectivity index (χ3v) is 5.14. The molecule has 4 nitrogen and oxygen atoms in total. The van der Waals surface area contributed by atoms with Crippen molar-refractivity contribution >= 4 is 11.6 Å². The van der Waals surface area contributed by atoms with Crippen molar-refractivity contribution in [2.24, 2.45) is 5.92 Å². The molecule has 1 fully saturated rings. The van der Waals surface area contributed by atoms with Crippen LogP contribution in [0.3, 0.4) is 0 Å². The van der Waals surface area contributed by atoms with Gasteiger partial charge in [0.25, 0.3) is 0 Å². The van der Waals surface area contributed by atoms with Gasteiger partial charge < -0.3 is 10.1 Å². The fourth-order valence-corrected chi connectivity index (χ4v) is 3.57. The van der Waals surface area contributed by atoms with Crippen molar-refractivity contribution in [1.82, 2.24) is 4.90 Å². The Kier molecular flexibility index (Phi) is 5.94. The fourth-order valence-electron chi connectivity index (χ4n) is 3.57. The van der Waals surface area contributed by atoms with Crippen molar-refractivity contribution < 1.29 is 9.53 Å². The summed E-state index contributed by atoms with van der Waals surface area (Å²) in [6.07, 6.45) is 1.81. The van der Waals surface area contributed by atoms with Crippen molar-refractivity contribution in [2.45, 2.75) is 33.2 Å². The van der Waals surface area contributed by atoms with E-state index in [1.807, 2.05) is 31.2 Å². The third kappa shape index (κ3) is 4.64. The quantitative estimate of drug-likeness (QED) is 0.878. The molecule has 1 aliphatic rings. The highest BCUT2D eigenvalue weighted by Crippen LogP contribution is 2.23. The lowest BCUT2D eigenvalue weighted by molar-refractivity contribution is -0.121. The zero-order chi connectivity index (χ0) is 18.5. The number of nitrogens with zero attached hydrogens (tertiary/aromatic N) is 1. The molecular weight excluding hydrogens is 324 g/mol. The zero-order valence-electron chi connectivity index (χ0n) is 15.9. The van der Waals surface area contributed by atoms with Gasteiger partial charge in [-0.15, -0.1) is 0 Å². The summed E-state index contributed by atoms with van der Waals surface area (Å²) < 4.78 is 5.29. The lowest BCUT2D eigenvalue weighted by Crippen LogP contribution is -2.37. The molecule has 1 aliphatic heterocycles. The first kappa shape index (κ1) is 18.5. The monoisotopic (exact) mass is 352 g/mol. The molecule has 0 aromatic heterocycles. The van der Waals surface area contributed by atoms with Gasteiger partial charge in [-0.1, -0.05) is 29.8 Å². The molecule has 3 rings (SSSR count). The maximum atomic E-state index is 12.6. The maximum Gasteiger partial charge on any atom is 0.227 e. The van der Waals surface area contributed by atoms with E-state index < -0.39 is 0 Å². The van der Waals surface area contributed by atoms with Crippen LogP contribution < -0.4 is 10.1 Å². The Morgan fingerprint density at radius 1 is 1.15 bits per heavy atom.